The Morgan fingerprint density at radius 1 is 1.08 bits per heavy atom. The highest BCUT2D eigenvalue weighted by molar-refractivity contribution is 7.19. The first-order valence-corrected chi connectivity index (χ1v) is 13.6. The van der Waals surface area contributed by atoms with Gasteiger partial charge in [-0.2, -0.15) is 0 Å². The molecule has 0 spiro atoms. The Morgan fingerprint density at radius 2 is 1.85 bits per heavy atom. The van der Waals surface area contributed by atoms with Crippen molar-refractivity contribution >= 4 is 39.7 Å². The number of carbonyl (C=O) groups excluding carboxylic acids is 1. The van der Waals surface area contributed by atoms with Crippen LogP contribution in [0.5, 0.6) is 0 Å². The van der Waals surface area contributed by atoms with E-state index >= 15 is 0 Å². The molecule has 1 aliphatic rings. The van der Waals surface area contributed by atoms with Crippen molar-refractivity contribution in [3.63, 3.8) is 0 Å². The van der Waals surface area contributed by atoms with Gasteiger partial charge in [-0.1, -0.05) is 29.5 Å². The third kappa shape index (κ3) is 6.74. The van der Waals surface area contributed by atoms with Crippen LogP contribution in [0.3, 0.4) is 0 Å². The van der Waals surface area contributed by atoms with Crippen LogP contribution in [0.1, 0.15) is 16.8 Å². The van der Waals surface area contributed by atoms with Crippen molar-refractivity contribution in [1.29, 1.82) is 0 Å². The van der Waals surface area contributed by atoms with Gasteiger partial charge >= 0.3 is 0 Å². The maximum atomic E-state index is 14.1. The molecule has 2 aromatic heterocycles. The molecule has 39 heavy (non-hydrogen) atoms. The molecule has 0 bridgehead atoms. The zero-order valence-corrected chi connectivity index (χ0v) is 22.4. The maximum absolute atomic E-state index is 14.1. The lowest BCUT2D eigenvalue weighted by Crippen LogP contribution is -2.37. The van der Waals surface area contributed by atoms with Crippen molar-refractivity contribution in [3.8, 4) is 21.8 Å². The van der Waals surface area contributed by atoms with Gasteiger partial charge in [-0.05, 0) is 54.9 Å². The molecule has 2 N–H and O–H groups in total. The average molecular weight is 571 g/mol. The molecule has 1 fully saturated rings. The van der Waals surface area contributed by atoms with E-state index in [-0.39, 0.29) is 5.28 Å². The van der Waals surface area contributed by atoms with Crippen LogP contribution < -0.4 is 10.6 Å². The van der Waals surface area contributed by atoms with Crippen molar-refractivity contribution < 1.29 is 18.3 Å². The quantitative estimate of drug-likeness (QED) is 0.200. The number of nitrogens with one attached hydrogen (secondary N) is 2. The summed E-state index contributed by atoms with van der Waals surface area (Å²) in [6, 6.07) is 11.9. The smallest absolute Gasteiger partial charge is 0.261 e. The standard InChI is InChI=1S/C27H25ClF2N6O2S/c28-26-31-10-8-21(34-26)24-23(35-27(39-24)32-9-3-11-36-12-14-38-15-13-36)17-4-1-5-18(16-17)33-25(37)22-19(29)6-2-7-20(22)30/h1-2,4-8,10,16H,3,9,11-15H2,(H,32,35)(H,33,37). The van der Waals surface area contributed by atoms with E-state index in [9.17, 15) is 13.6 Å². The van der Waals surface area contributed by atoms with Gasteiger partial charge < -0.3 is 15.4 Å². The molecule has 1 aliphatic heterocycles. The highest BCUT2D eigenvalue weighted by Gasteiger charge is 2.20. The largest absolute Gasteiger partial charge is 0.379 e. The Balaban J connectivity index is 1.37. The second-order valence-electron chi connectivity index (χ2n) is 8.77. The van der Waals surface area contributed by atoms with E-state index in [1.54, 1.807) is 30.5 Å². The van der Waals surface area contributed by atoms with Gasteiger partial charge in [0.15, 0.2) is 5.13 Å². The number of morpholine rings is 1. The summed E-state index contributed by atoms with van der Waals surface area (Å²) in [5.74, 6) is -2.75. The normalized spacial score (nSPS) is 13.8. The molecule has 0 unspecified atom stereocenters. The van der Waals surface area contributed by atoms with E-state index in [1.165, 1.54) is 17.4 Å². The average Bonchev–Trinajstić information content (AvgIpc) is 3.36. The molecule has 8 nitrogen and oxygen atoms in total. The van der Waals surface area contributed by atoms with E-state index in [2.05, 4.69) is 25.5 Å². The van der Waals surface area contributed by atoms with Crippen LogP contribution in [0.2, 0.25) is 5.28 Å². The minimum atomic E-state index is -0.935. The van der Waals surface area contributed by atoms with E-state index in [0.717, 1.165) is 62.8 Å². The third-order valence-corrected chi connectivity index (χ3v) is 7.32. The van der Waals surface area contributed by atoms with Gasteiger partial charge in [0.1, 0.15) is 17.2 Å². The number of rotatable bonds is 9. The van der Waals surface area contributed by atoms with E-state index in [4.69, 9.17) is 21.3 Å². The number of aromatic nitrogens is 3. The van der Waals surface area contributed by atoms with Crippen LogP contribution in [-0.2, 0) is 4.74 Å². The number of nitrogens with zero attached hydrogens (tertiary/aromatic N) is 4. The molecule has 2 aromatic carbocycles. The monoisotopic (exact) mass is 570 g/mol. The lowest BCUT2D eigenvalue weighted by Gasteiger charge is -2.26. The molecular formula is C27H25ClF2N6O2S. The second-order valence-corrected chi connectivity index (χ2v) is 10.1. The topological polar surface area (TPSA) is 92.3 Å². The number of carbonyl (C=O) groups is 1. The fraction of sp³-hybridized carbons (Fsp3) is 0.259. The number of hydrogen-bond donors (Lipinski definition) is 2. The SMILES string of the molecule is O=C(Nc1cccc(-c2nc(NCCCN3CCOCC3)sc2-c2ccnc(Cl)n2)c1)c1c(F)cccc1F. The first kappa shape index (κ1) is 27.1. The predicted molar refractivity (Wildman–Crippen MR) is 148 cm³/mol. The van der Waals surface area contributed by atoms with Crippen LogP contribution >= 0.6 is 22.9 Å². The predicted octanol–water partition coefficient (Wildman–Crippen LogP) is 5.59. The fourth-order valence-corrected chi connectivity index (χ4v) is 5.33. The Kier molecular flexibility index (Phi) is 8.72. The summed E-state index contributed by atoms with van der Waals surface area (Å²) in [5, 5.41) is 6.80. The van der Waals surface area contributed by atoms with Gasteiger partial charge in [-0.25, -0.2) is 23.7 Å². The van der Waals surface area contributed by atoms with E-state index in [0.29, 0.717) is 27.8 Å². The molecular weight excluding hydrogens is 546 g/mol. The minimum absolute atomic E-state index is 0.111. The fourth-order valence-electron chi connectivity index (χ4n) is 4.20. The lowest BCUT2D eigenvalue weighted by molar-refractivity contribution is 0.0378. The minimum Gasteiger partial charge on any atom is -0.379 e. The number of halogens is 3. The van der Waals surface area contributed by atoms with Crippen molar-refractivity contribution in [1.82, 2.24) is 19.9 Å². The summed E-state index contributed by atoms with van der Waals surface area (Å²) in [4.78, 5) is 28.9. The zero-order valence-electron chi connectivity index (χ0n) is 20.8. The third-order valence-electron chi connectivity index (χ3n) is 6.10. The molecule has 5 rings (SSSR count). The maximum Gasteiger partial charge on any atom is 0.261 e. The van der Waals surface area contributed by atoms with Gasteiger partial charge in [0.05, 0.1) is 29.5 Å². The Bertz CT molecular complexity index is 1440. The summed E-state index contributed by atoms with van der Waals surface area (Å²) in [7, 11) is 0. The molecule has 0 atom stereocenters. The van der Waals surface area contributed by atoms with Gasteiger partial charge in [0.2, 0.25) is 5.28 Å². The van der Waals surface area contributed by atoms with Gasteiger partial charge in [-0.3, -0.25) is 9.69 Å². The summed E-state index contributed by atoms with van der Waals surface area (Å²) in [6.45, 7) is 5.12. The lowest BCUT2D eigenvalue weighted by atomic mass is 10.1. The highest BCUT2D eigenvalue weighted by Crippen LogP contribution is 2.39. The van der Waals surface area contributed by atoms with Gasteiger partial charge in [0.25, 0.3) is 5.91 Å². The molecule has 0 aliphatic carbocycles. The van der Waals surface area contributed by atoms with Crippen LogP contribution in [-0.4, -0.2) is 65.2 Å². The Hall–Kier alpha value is -3.51. The van der Waals surface area contributed by atoms with Gasteiger partial charge in [-0.15, -0.1) is 0 Å². The number of thiazole rings is 1. The summed E-state index contributed by atoms with van der Waals surface area (Å²) >= 11 is 7.50. The number of benzene rings is 2. The molecule has 1 amide bonds. The van der Waals surface area contributed by atoms with Crippen LogP contribution in [0.25, 0.3) is 21.8 Å². The number of ether oxygens (including phenoxy) is 1. The first-order chi connectivity index (χ1) is 19.0. The van der Waals surface area contributed by atoms with Crippen LogP contribution in [0, 0.1) is 11.6 Å². The van der Waals surface area contributed by atoms with Crippen LogP contribution in [0.4, 0.5) is 19.6 Å². The molecule has 3 heterocycles. The number of amides is 1. The molecule has 202 valence electrons. The Morgan fingerprint density at radius 3 is 2.62 bits per heavy atom. The van der Waals surface area contributed by atoms with Crippen molar-refractivity contribution in [3.05, 3.63) is 77.2 Å². The van der Waals surface area contributed by atoms with Crippen LogP contribution in [0.15, 0.2) is 54.7 Å². The molecule has 4 aromatic rings. The summed E-state index contributed by atoms with van der Waals surface area (Å²) < 4.78 is 33.6. The number of hydrogen-bond acceptors (Lipinski definition) is 8. The molecule has 1 saturated heterocycles. The highest BCUT2D eigenvalue weighted by atomic mass is 35.5. The Labute approximate surface area is 233 Å². The summed E-state index contributed by atoms with van der Waals surface area (Å²) in [5.41, 5.74) is 1.63. The molecule has 0 radical (unpaired) electrons. The van der Waals surface area contributed by atoms with Crippen molar-refractivity contribution in [2.75, 3.05) is 50.0 Å². The van der Waals surface area contributed by atoms with E-state index < -0.39 is 23.1 Å². The first-order valence-electron chi connectivity index (χ1n) is 12.4. The van der Waals surface area contributed by atoms with E-state index in [1.807, 2.05) is 6.07 Å². The van der Waals surface area contributed by atoms with Crippen molar-refractivity contribution in [2.45, 2.75) is 6.42 Å². The van der Waals surface area contributed by atoms with Gasteiger partial charge in [0, 0.05) is 37.1 Å². The molecule has 0 saturated carbocycles. The summed E-state index contributed by atoms with van der Waals surface area (Å²) in [6.07, 6.45) is 2.51. The molecule has 12 heteroatoms. The number of anilines is 2. The zero-order chi connectivity index (χ0) is 27.2. The second kappa shape index (κ2) is 12.6. The van der Waals surface area contributed by atoms with Crippen molar-refractivity contribution in [2.24, 2.45) is 0 Å².